The monoisotopic (exact) mass is 234 g/mol. The third kappa shape index (κ3) is 1.77. The number of likely N-dealkylation sites (N-methyl/N-ethyl adjacent to an activating group) is 1. The minimum Gasteiger partial charge on any atom is -0.490 e. The fraction of sp³-hybridized carbons (Fsp3) is 0.417. The number of hydrogen-bond acceptors (Lipinski definition) is 4. The molecular weight excluding hydrogens is 220 g/mol. The number of anilines is 1. The predicted molar refractivity (Wildman–Crippen MR) is 62.4 cm³/mol. The molecule has 1 saturated heterocycles. The van der Waals surface area contributed by atoms with E-state index in [-0.39, 0.29) is 12.1 Å². The van der Waals surface area contributed by atoms with Crippen LogP contribution in [0.2, 0.25) is 0 Å². The molecule has 1 atom stereocenters. The Balaban J connectivity index is 1.92. The maximum absolute atomic E-state index is 11.0. The zero-order valence-electron chi connectivity index (χ0n) is 9.60. The molecule has 0 aromatic heterocycles. The minimum atomic E-state index is -0.350. The summed E-state index contributed by atoms with van der Waals surface area (Å²) in [6.07, 6.45) is -0.350. The quantitative estimate of drug-likeness (QED) is 0.795. The highest BCUT2D eigenvalue weighted by atomic mass is 16.6. The molecule has 17 heavy (non-hydrogen) atoms. The van der Waals surface area contributed by atoms with E-state index >= 15 is 0 Å². The van der Waals surface area contributed by atoms with Crippen molar-refractivity contribution in [2.24, 2.45) is 0 Å². The Morgan fingerprint density at radius 3 is 3.06 bits per heavy atom. The largest absolute Gasteiger partial charge is 0.490 e. The first-order valence-corrected chi connectivity index (χ1v) is 5.65. The molecule has 1 N–H and O–H groups in total. The molecule has 1 amide bonds. The van der Waals surface area contributed by atoms with Crippen LogP contribution in [0.4, 0.5) is 10.5 Å². The number of alkyl carbamates (subject to hydrolysis) is 1. The molecule has 1 aromatic rings. The molecule has 5 nitrogen and oxygen atoms in total. The van der Waals surface area contributed by atoms with Gasteiger partial charge < -0.3 is 19.7 Å². The van der Waals surface area contributed by atoms with Crippen LogP contribution in [0.3, 0.4) is 0 Å². The summed E-state index contributed by atoms with van der Waals surface area (Å²) in [7, 11) is 2.04. The van der Waals surface area contributed by atoms with Crippen LogP contribution in [0.15, 0.2) is 18.2 Å². The van der Waals surface area contributed by atoms with Crippen LogP contribution in [0.1, 0.15) is 11.6 Å². The maximum atomic E-state index is 11.0. The first-order chi connectivity index (χ1) is 8.24. The van der Waals surface area contributed by atoms with Crippen LogP contribution < -0.4 is 15.0 Å². The van der Waals surface area contributed by atoms with Crippen molar-refractivity contribution >= 4 is 11.8 Å². The first kappa shape index (κ1) is 10.3. The lowest BCUT2D eigenvalue weighted by Crippen LogP contribution is -2.29. The van der Waals surface area contributed by atoms with Gasteiger partial charge in [0.25, 0.3) is 0 Å². The summed E-state index contributed by atoms with van der Waals surface area (Å²) in [6.45, 7) is 1.98. The lowest BCUT2D eigenvalue weighted by molar-refractivity contribution is 0.177. The maximum Gasteiger partial charge on any atom is 0.407 e. The van der Waals surface area contributed by atoms with Gasteiger partial charge in [-0.15, -0.1) is 0 Å². The SMILES string of the molecule is CN1CCOc2ccc(C3COC(=O)N3)cc21. The van der Waals surface area contributed by atoms with Crippen molar-refractivity contribution in [3.8, 4) is 5.75 Å². The van der Waals surface area contributed by atoms with Crippen molar-refractivity contribution in [2.75, 3.05) is 31.7 Å². The van der Waals surface area contributed by atoms with E-state index in [1.807, 2.05) is 25.2 Å². The number of nitrogens with one attached hydrogen (secondary N) is 1. The van der Waals surface area contributed by atoms with Crippen molar-refractivity contribution in [3.05, 3.63) is 23.8 Å². The molecule has 0 bridgehead atoms. The van der Waals surface area contributed by atoms with Crippen LogP contribution >= 0.6 is 0 Å². The molecule has 0 radical (unpaired) electrons. The second kappa shape index (κ2) is 3.84. The van der Waals surface area contributed by atoms with E-state index in [0.717, 1.165) is 23.5 Å². The molecule has 1 fully saturated rings. The molecule has 2 aliphatic rings. The lowest BCUT2D eigenvalue weighted by Gasteiger charge is -2.28. The van der Waals surface area contributed by atoms with Gasteiger partial charge in [0, 0.05) is 7.05 Å². The number of ether oxygens (including phenoxy) is 2. The summed E-state index contributed by atoms with van der Waals surface area (Å²) >= 11 is 0. The summed E-state index contributed by atoms with van der Waals surface area (Å²) in [5.74, 6) is 0.896. The lowest BCUT2D eigenvalue weighted by atomic mass is 10.1. The highest BCUT2D eigenvalue weighted by Crippen LogP contribution is 2.33. The normalized spacial score (nSPS) is 22.5. The molecule has 0 aliphatic carbocycles. The van der Waals surface area contributed by atoms with Crippen LogP contribution in [0.25, 0.3) is 0 Å². The van der Waals surface area contributed by atoms with Gasteiger partial charge in [-0.2, -0.15) is 0 Å². The number of benzene rings is 1. The molecule has 1 unspecified atom stereocenters. The Kier molecular flexibility index (Phi) is 2.31. The van der Waals surface area contributed by atoms with Gasteiger partial charge in [0.2, 0.25) is 0 Å². The summed E-state index contributed by atoms with van der Waals surface area (Å²) < 4.78 is 10.5. The molecule has 3 rings (SSSR count). The predicted octanol–water partition coefficient (Wildman–Crippen LogP) is 1.30. The Hall–Kier alpha value is -1.91. The molecular formula is C12H14N2O3. The Morgan fingerprint density at radius 1 is 1.41 bits per heavy atom. The van der Waals surface area contributed by atoms with E-state index in [4.69, 9.17) is 9.47 Å². The highest BCUT2D eigenvalue weighted by molar-refractivity contribution is 5.70. The first-order valence-electron chi connectivity index (χ1n) is 5.65. The molecule has 2 heterocycles. The number of rotatable bonds is 1. The number of carbonyl (C=O) groups excluding carboxylic acids is 1. The molecule has 90 valence electrons. The molecule has 2 aliphatic heterocycles. The number of cyclic esters (lactones) is 1. The van der Waals surface area contributed by atoms with Crippen molar-refractivity contribution in [1.29, 1.82) is 0 Å². The van der Waals surface area contributed by atoms with Gasteiger partial charge in [0.15, 0.2) is 0 Å². The van der Waals surface area contributed by atoms with Gasteiger partial charge in [-0.05, 0) is 17.7 Å². The van der Waals surface area contributed by atoms with Gasteiger partial charge in [-0.3, -0.25) is 0 Å². The molecule has 5 heteroatoms. The van der Waals surface area contributed by atoms with Crippen LogP contribution in [0.5, 0.6) is 5.75 Å². The van der Waals surface area contributed by atoms with Crippen molar-refractivity contribution in [3.63, 3.8) is 0 Å². The number of hydrogen-bond donors (Lipinski definition) is 1. The summed E-state index contributed by atoms with van der Waals surface area (Å²) in [5.41, 5.74) is 2.11. The van der Waals surface area contributed by atoms with Crippen molar-refractivity contribution in [2.45, 2.75) is 6.04 Å². The van der Waals surface area contributed by atoms with Crippen molar-refractivity contribution in [1.82, 2.24) is 5.32 Å². The Morgan fingerprint density at radius 2 is 2.29 bits per heavy atom. The molecule has 0 spiro atoms. The second-order valence-electron chi connectivity index (χ2n) is 4.29. The van der Waals surface area contributed by atoms with E-state index in [2.05, 4.69) is 10.2 Å². The van der Waals surface area contributed by atoms with E-state index in [1.165, 1.54) is 0 Å². The zero-order valence-corrected chi connectivity index (χ0v) is 9.60. The molecule has 1 aromatic carbocycles. The Labute approximate surface area is 99.3 Å². The number of carbonyl (C=O) groups is 1. The number of fused-ring (bicyclic) bond motifs is 1. The van der Waals surface area contributed by atoms with Gasteiger partial charge >= 0.3 is 6.09 Å². The minimum absolute atomic E-state index is 0.0527. The summed E-state index contributed by atoms with van der Waals surface area (Å²) in [4.78, 5) is 13.2. The standard InChI is InChI=1S/C12H14N2O3/c1-14-4-5-16-11-3-2-8(6-10(11)14)9-7-17-12(15)13-9/h2-3,6,9H,4-5,7H2,1H3,(H,13,15). The fourth-order valence-corrected chi connectivity index (χ4v) is 2.15. The van der Waals surface area contributed by atoms with E-state index in [1.54, 1.807) is 0 Å². The third-order valence-electron chi connectivity index (χ3n) is 3.15. The molecule has 0 saturated carbocycles. The van der Waals surface area contributed by atoms with Gasteiger partial charge in [0.05, 0.1) is 18.3 Å². The zero-order chi connectivity index (χ0) is 11.8. The van der Waals surface area contributed by atoms with Crippen LogP contribution in [-0.2, 0) is 4.74 Å². The topological polar surface area (TPSA) is 50.8 Å². The number of amides is 1. The van der Waals surface area contributed by atoms with Crippen LogP contribution in [-0.4, -0.2) is 32.9 Å². The van der Waals surface area contributed by atoms with Gasteiger partial charge in [0.1, 0.15) is 19.0 Å². The summed E-state index contributed by atoms with van der Waals surface area (Å²) in [6, 6.07) is 5.92. The smallest absolute Gasteiger partial charge is 0.407 e. The Bertz CT molecular complexity index is 461. The highest BCUT2D eigenvalue weighted by Gasteiger charge is 2.25. The van der Waals surface area contributed by atoms with E-state index in [0.29, 0.717) is 13.2 Å². The van der Waals surface area contributed by atoms with Crippen molar-refractivity contribution < 1.29 is 14.3 Å². The average molecular weight is 234 g/mol. The van der Waals surface area contributed by atoms with Gasteiger partial charge in [-0.25, -0.2) is 4.79 Å². The second-order valence-corrected chi connectivity index (χ2v) is 4.29. The van der Waals surface area contributed by atoms with E-state index < -0.39 is 0 Å². The van der Waals surface area contributed by atoms with E-state index in [9.17, 15) is 4.79 Å². The summed E-state index contributed by atoms with van der Waals surface area (Å²) in [5, 5.41) is 2.77. The third-order valence-corrected chi connectivity index (χ3v) is 3.15. The van der Waals surface area contributed by atoms with Gasteiger partial charge in [-0.1, -0.05) is 6.07 Å². The fourth-order valence-electron chi connectivity index (χ4n) is 2.15. The van der Waals surface area contributed by atoms with Crippen LogP contribution in [0, 0.1) is 0 Å². The number of nitrogens with zero attached hydrogens (tertiary/aromatic N) is 1. The average Bonchev–Trinajstić information content (AvgIpc) is 2.76.